The molecule has 0 spiro atoms. The van der Waals surface area contributed by atoms with E-state index in [9.17, 15) is 18.3 Å². The number of hydrogen-bond donors (Lipinski definition) is 3. The lowest BCUT2D eigenvalue weighted by atomic mass is 10.0. The second-order valence-corrected chi connectivity index (χ2v) is 6.66. The van der Waals surface area contributed by atoms with Gasteiger partial charge in [0, 0.05) is 24.4 Å². The molecule has 0 fully saturated rings. The largest absolute Gasteiger partial charge is 0.508 e. The number of anilines is 1. The van der Waals surface area contributed by atoms with Crippen LogP contribution in [0, 0.1) is 22.6 Å². The van der Waals surface area contributed by atoms with E-state index in [0.29, 0.717) is 4.68 Å². The van der Waals surface area contributed by atoms with Crippen LogP contribution in [0.1, 0.15) is 42.2 Å². The molecule has 0 saturated carbocycles. The van der Waals surface area contributed by atoms with Crippen molar-refractivity contribution in [3.63, 3.8) is 0 Å². The van der Waals surface area contributed by atoms with Crippen molar-refractivity contribution in [3.8, 4) is 11.8 Å². The minimum absolute atomic E-state index is 0. The van der Waals surface area contributed by atoms with Crippen molar-refractivity contribution < 1.29 is 19.7 Å². The normalized spacial score (nSPS) is 11.7. The average Bonchev–Trinajstić information content (AvgIpc) is 3.40. The molecule has 4 rings (SSSR count). The SMILES string of the molecule is I.N#Cc1ccc2c(c1F)CCC2.N=C(c1cnn(C(F)F)c1)c1cc(O)ccc1N.[HH]. The minimum atomic E-state index is -2.76. The Morgan fingerprint density at radius 3 is 2.68 bits per heavy atom. The number of hydrogen-bond acceptors (Lipinski definition) is 5. The van der Waals surface area contributed by atoms with Crippen LogP contribution in [0.5, 0.6) is 5.75 Å². The number of rotatable bonds is 3. The fourth-order valence-corrected chi connectivity index (χ4v) is 3.20. The Labute approximate surface area is 195 Å². The van der Waals surface area contributed by atoms with Gasteiger partial charge in [0.15, 0.2) is 0 Å². The van der Waals surface area contributed by atoms with Crippen LogP contribution in [0.15, 0.2) is 42.7 Å². The summed E-state index contributed by atoms with van der Waals surface area (Å²) < 4.78 is 38.5. The maximum atomic E-state index is 13.4. The zero-order chi connectivity index (χ0) is 21.8. The smallest absolute Gasteiger partial charge is 0.333 e. The number of nitriles is 1. The molecule has 0 saturated heterocycles. The molecule has 1 aliphatic rings. The fraction of sp³-hybridized carbons (Fsp3) is 0.190. The van der Waals surface area contributed by atoms with Crippen molar-refractivity contribution in [2.24, 2.45) is 0 Å². The van der Waals surface area contributed by atoms with E-state index in [1.165, 1.54) is 18.2 Å². The Hall–Kier alpha value is -3.07. The number of nitrogens with zero attached hydrogens (tertiary/aromatic N) is 3. The summed E-state index contributed by atoms with van der Waals surface area (Å²) in [7, 11) is 0. The summed E-state index contributed by atoms with van der Waals surface area (Å²) in [5.41, 5.74) is 8.35. The van der Waals surface area contributed by atoms with Gasteiger partial charge in [-0.2, -0.15) is 19.1 Å². The van der Waals surface area contributed by atoms with Crippen molar-refractivity contribution in [1.29, 1.82) is 10.7 Å². The van der Waals surface area contributed by atoms with Gasteiger partial charge in [0.2, 0.25) is 0 Å². The Morgan fingerprint density at radius 2 is 2.03 bits per heavy atom. The van der Waals surface area contributed by atoms with Crippen molar-refractivity contribution in [1.82, 2.24) is 9.78 Å². The van der Waals surface area contributed by atoms with Crippen LogP contribution in [0.25, 0.3) is 0 Å². The van der Waals surface area contributed by atoms with Crippen LogP contribution in [0.2, 0.25) is 0 Å². The highest BCUT2D eigenvalue weighted by Crippen LogP contribution is 2.26. The fourth-order valence-electron chi connectivity index (χ4n) is 3.20. The van der Waals surface area contributed by atoms with Crippen LogP contribution >= 0.6 is 24.0 Å². The number of halogens is 4. The van der Waals surface area contributed by atoms with Crippen LogP contribution < -0.4 is 5.73 Å². The van der Waals surface area contributed by atoms with Gasteiger partial charge in [0.25, 0.3) is 0 Å². The van der Waals surface area contributed by atoms with Gasteiger partial charge in [-0.25, -0.2) is 9.07 Å². The molecule has 1 heterocycles. The van der Waals surface area contributed by atoms with Gasteiger partial charge < -0.3 is 10.8 Å². The highest BCUT2D eigenvalue weighted by molar-refractivity contribution is 14.0. The second kappa shape index (κ2) is 10.3. The molecule has 6 nitrogen and oxygen atoms in total. The lowest BCUT2D eigenvalue weighted by molar-refractivity contribution is 0.0566. The first kappa shape index (κ1) is 24.2. The van der Waals surface area contributed by atoms with Crippen LogP contribution in [0.4, 0.5) is 18.9 Å². The number of nitrogen functional groups attached to an aromatic ring is 1. The highest BCUT2D eigenvalue weighted by Gasteiger charge is 2.17. The number of benzene rings is 2. The van der Waals surface area contributed by atoms with Crippen LogP contribution in [-0.4, -0.2) is 20.6 Å². The van der Waals surface area contributed by atoms with E-state index in [4.69, 9.17) is 16.4 Å². The maximum Gasteiger partial charge on any atom is 0.333 e. The number of aromatic nitrogens is 2. The molecule has 3 aromatic rings. The zero-order valence-corrected chi connectivity index (χ0v) is 18.5. The molecule has 0 radical (unpaired) electrons. The molecule has 1 aliphatic carbocycles. The third kappa shape index (κ3) is 5.35. The summed E-state index contributed by atoms with van der Waals surface area (Å²) >= 11 is 0. The lowest BCUT2D eigenvalue weighted by Crippen LogP contribution is -2.04. The molecule has 0 unspecified atom stereocenters. The van der Waals surface area contributed by atoms with Gasteiger partial charge in [0.05, 0.1) is 17.5 Å². The molecule has 0 amide bonds. The van der Waals surface area contributed by atoms with E-state index in [1.54, 1.807) is 6.07 Å². The third-order valence-corrected chi connectivity index (χ3v) is 4.73. The molecule has 4 N–H and O–H groups in total. The van der Waals surface area contributed by atoms with Gasteiger partial charge >= 0.3 is 6.55 Å². The first-order valence-corrected chi connectivity index (χ1v) is 9.02. The van der Waals surface area contributed by atoms with Crippen molar-refractivity contribution >= 4 is 35.4 Å². The summed E-state index contributed by atoms with van der Waals surface area (Å²) in [5, 5.41) is 29.2. The highest BCUT2D eigenvalue weighted by atomic mass is 127. The number of alkyl halides is 2. The predicted octanol–water partition coefficient (Wildman–Crippen LogP) is 5.03. The summed E-state index contributed by atoms with van der Waals surface area (Å²) in [6.45, 7) is -2.76. The average molecular weight is 543 g/mol. The Bertz CT molecular complexity index is 1150. The van der Waals surface area contributed by atoms with E-state index in [0.717, 1.165) is 42.8 Å². The Balaban J connectivity index is 0.000000321. The number of aryl methyl sites for hydroxylation is 1. The number of nitrogens with two attached hydrogens (primary N) is 1. The first-order chi connectivity index (χ1) is 14.3. The van der Waals surface area contributed by atoms with E-state index in [-0.39, 0.29) is 65.1 Å². The van der Waals surface area contributed by atoms with Crippen LogP contribution in [0.3, 0.4) is 0 Å². The second-order valence-electron chi connectivity index (χ2n) is 6.66. The third-order valence-electron chi connectivity index (χ3n) is 4.73. The molecule has 0 bridgehead atoms. The standard InChI is InChI=1S/C11H10F2N4O.C10H8FN.HI.H2/c12-11(13)17-5-6(4-16-17)10(15)8-3-7(18)1-2-9(8)14;11-10-8(6-12)5-4-7-2-1-3-9(7)10;;/h1-5,11,15,18H,14H2;4-5H,1-3H2;2*1H. The topological polar surface area (TPSA) is 112 Å². The van der Waals surface area contributed by atoms with Gasteiger partial charge in [-0.1, -0.05) is 6.07 Å². The van der Waals surface area contributed by atoms with E-state index >= 15 is 0 Å². The van der Waals surface area contributed by atoms with Crippen molar-refractivity contribution in [2.75, 3.05) is 5.73 Å². The minimum Gasteiger partial charge on any atom is -0.508 e. The van der Waals surface area contributed by atoms with E-state index in [2.05, 4.69) is 5.10 Å². The molecule has 2 aromatic carbocycles. The molecule has 1 aromatic heterocycles. The number of phenolic OH excluding ortho intramolecular Hbond substituents is 1. The Morgan fingerprint density at radius 1 is 1.29 bits per heavy atom. The monoisotopic (exact) mass is 543 g/mol. The molecule has 31 heavy (non-hydrogen) atoms. The van der Waals surface area contributed by atoms with Crippen LogP contribution in [-0.2, 0) is 12.8 Å². The van der Waals surface area contributed by atoms with Crippen molar-refractivity contribution in [2.45, 2.75) is 25.8 Å². The predicted molar refractivity (Wildman–Crippen MR) is 123 cm³/mol. The summed E-state index contributed by atoms with van der Waals surface area (Å²) in [5.74, 6) is -0.349. The van der Waals surface area contributed by atoms with Gasteiger partial charge in [0.1, 0.15) is 17.6 Å². The first-order valence-electron chi connectivity index (χ1n) is 9.02. The molecule has 164 valence electrons. The molecular formula is C21H21F3IN5O. The Kier molecular flexibility index (Phi) is 8.04. The molecule has 0 atom stereocenters. The zero-order valence-electron chi connectivity index (χ0n) is 16.1. The van der Waals surface area contributed by atoms with Gasteiger partial charge in [-0.05, 0) is 54.7 Å². The number of aromatic hydroxyl groups is 1. The molecular weight excluding hydrogens is 522 g/mol. The number of nitrogens with one attached hydrogen (secondary N) is 1. The maximum absolute atomic E-state index is 13.4. The molecule has 10 heteroatoms. The number of fused-ring (bicyclic) bond motifs is 1. The van der Waals surface area contributed by atoms with E-state index in [1.807, 2.05) is 12.1 Å². The van der Waals surface area contributed by atoms with Gasteiger partial charge in [-0.15, -0.1) is 24.0 Å². The summed E-state index contributed by atoms with van der Waals surface area (Å²) in [4.78, 5) is 0. The van der Waals surface area contributed by atoms with E-state index < -0.39 is 6.55 Å². The number of phenols is 1. The summed E-state index contributed by atoms with van der Waals surface area (Å²) in [6.07, 6.45) is 4.96. The molecule has 0 aliphatic heterocycles. The van der Waals surface area contributed by atoms with Crippen molar-refractivity contribution in [3.05, 3.63) is 76.4 Å². The summed E-state index contributed by atoms with van der Waals surface area (Å²) in [6, 6.07) is 9.41. The van der Waals surface area contributed by atoms with Gasteiger partial charge in [-0.3, -0.25) is 5.41 Å². The quantitative estimate of drug-likeness (QED) is 0.186. The lowest BCUT2D eigenvalue weighted by Gasteiger charge is -2.06.